The third-order valence-electron chi connectivity index (χ3n) is 3.66. The van der Waals surface area contributed by atoms with Crippen molar-refractivity contribution in [3.63, 3.8) is 0 Å². The van der Waals surface area contributed by atoms with Crippen molar-refractivity contribution < 1.29 is 14.3 Å². The smallest absolute Gasteiger partial charge is 0.177 e. The fraction of sp³-hybridized carbons (Fsp3) is 0.588. The van der Waals surface area contributed by atoms with Gasteiger partial charge in [-0.1, -0.05) is 0 Å². The zero-order chi connectivity index (χ0) is 15.4. The predicted octanol–water partition coefficient (Wildman–Crippen LogP) is 2.61. The predicted molar refractivity (Wildman–Crippen MR) is 83.3 cm³/mol. The van der Waals surface area contributed by atoms with Gasteiger partial charge in [-0.25, -0.2) is 0 Å². The Morgan fingerprint density at radius 2 is 1.90 bits per heavy atom. The van der Waals surface area contributed by atoms with Crippen LogP contribution in [0.5, 0.6) is 5.75 Å². The van der Waals surface area contributed by atoms with Crippen LogP contribution >= 0.6 is 0 Å². The van der Waals surface area contributed by atoms with Gasteiger partial charge in [-0.05, 0) is 51.0 Å². The summed E-state index contributed by atoms with van der Waals surface area (Å²) in [6.07, 6.45) is 0.137. The largest absolute Gasteiger partial charge is 0.491 e. The molecule has 2 rings (SSSR count). The van der Waals surface area contributed by atoms with Crippen LogP contribution in [-0.4, -0.2) is 49.6 Å². The molecule has 0 amide bonds. The molecule has 0 bridgehead atoms. The van der Waals surface area contributed by atoms with E-state index in [1.807, 2.05) is 39.8 Å². The number of hydrogen-bond acceptors (Lipinski definition) is 4. The maximum Gasteiger partial charge on any atom is 0.177 e. The minimum atomic E-state index is 0.137. The van der Waals surface area contributed by atoms with Gasteiger partial charge >= 0.3 is 0 Å². The second-order valence-electron chi connectivity index (χ2n) is 5.91. The van der Waals surface area contributed by atoms with E-state index in [1.54, 1.807) is 0 Å². The number of ether oxygens (including phenoxy) is 2. The standard InChI is InChI=1S/C17H25NO3/c1-12(2)21-17-10-13(3)15(9-14(17)4)16(19)11-18-5-7-20-8-6-18/h9-10,12H,5-8,11H2,1-4H3. The van der Waals surface area contributed by atoms with Crippen molar-refractivity contribution in [1.29, 1.82) is 0 Å². The fourth-order valence-electron chi connectivity index (χ4n) is 2.52. The number of nitrogens with zero attached hydrogens (tertiary/aromatic N) is 1. The van der Waals surface area contributed by atoms with Gasteiger partial charge in [0.1, 0.15) is 5.75 Å². The molecule has 0 N–H and O–H groups in total. The summed E-state index contributed by atoms with van der Waals surface area (Å²) >= 11 is 0. The van der Waals surface area contributed by atoms with Crippen LogP contribution in [0.25, 0.3) is 0 Å². The molecule has 21 heavy (non-hydrogen) atoms. The van der Waals surface area contributed by atoms with Crippen molar-refractivity contribution in [2.24, 2.45) is 0 Å². The van der Waals surface area contributed by atoms with Crippen LogP contribution in [0.15, 0.2) is 12.1 Å². The molecule has 0 aliphatic carbocycles. The van der Waals surface area contributed by atoms with E-state index in [-0.39, 0.29) is 11.9 Å². The first-order chi connectivity index (χ1) is 9.97. The Balaban J connectivity index is 2.11. The van der Waals surface area contributed by atoms with E-state index in [0.29, 0.717) is 19.8 Å². The van der Waals surface area contributed by atoms with E-state index < -0.39 is 0 Å². The molecule has 0 spiro atoms. The molecule has 1 heterocycles. The van der Waals surface area contributed by atoms with E-state index in [0.717, 1.165) is 35.5 Å². The molecule has 1 aromatic carbocycles. The lowest BCUT2D eigenvalue weighted by Crippen LogP contribution is -2.39. The summed E-state index contributed by atoms with van der Waals surface area (Å²) < 4.78 is 11.1. The van der Waals surface area contributed by atoms with Crippen molar-refractivity contribution >= 4 is 5.78 Å². The molecular formula is C17H25NO3. The molecule has 1 saturated heterocycles. The maximum absolute atomic E-state index is 12.5. The Morgan fingerprint density at radius 3 is 2.52 bits per heavy atom. The third-order valence-corrected chi connectivity index (χ3v) is 3.66. The number of carbonyl (C=O) groups is 1. The summed E-state index contributed by atoms with van der Waals surface area (Å²) in [7, 11) is 0. The number of hydrogen-bond donors (Lipinski definition) is 0. The SMILES string of the molecule is Cc1cc(C(=O)CN2CCOCC2)c(C)cc1OC(C)C. The molecule has 1 aromatic rings. The summed E-state index contributed by atoms with van der Waals surface area (Å²) in [5, 5.41) is 0. The first-order valence-corrected chi connectivity index (χ1v) is 7.58. The quantitative estimate of drug-likeness (QED) is 0.782. The molecular weight excluding hydrogens is 266 g/mol. The Kier molecular flexibility index (Phi) is 5.37. The van der Waals surface area contributed by atoms with Crippen LogP contribution in [-0.2, 0) is 4.74 Å². The molecule has 4 nitrogen and oxygen atoms in total. The van der Waals surface area contributed by atoms with Crippen LogP contribution in [0.4, 0.5) is 0 Å². The van der Waals surface area contributed by atoms with E-state index in [2.05, 4.69) is 4.90 Å². The average Bonchev–Trinajstić information content (AvgIpc) is 2.43. The molecule has 0 unspecified atom stereocenters. The van der Waals surface area contributed by atoms with Crippen molar-refractivity contribution in [2.45, 2.75) is 33.8 Å². The molecule has 0 atom stereocenters. The Hall–Kier alpha value is -1.39. The average molecular weight is 291 g/mol. The van der Waals surface area contributed by atoms with Gasteiger partial charge in [0, 0.05) is 18.7 Å². The monoisotopic (exact) mass is 291 g/mol. The number of rotatable bonds is 5. The summed E-state index contributed by atoms with van der Waals surface area (Å²) in [5.41, 5.74) is 2.80. The topological polar surface area (TPSA) is 38.8 Å². The lowest BCUT2D eigenvalue weighted by atomic mass is 10.0. The highest BCUT2D eigenvalue weighted by atomic mass is 16.5. The first-order valence-electron chi connectivity index (χ1n) is 7.58. The van der Waals surface area contributed by atoms with Crippen molar-refractivity contribution in [1.82, 2.24) is 4.90 Å². The number of ketones is 1. The third kappa shape index (κ3) is 4.29. The van der Waals surface area contributed by atoms with Crippen molar-refractivity contribution in [2.75, 3.05) is 32.8 Å². The van der Waals surface area contributed by atoms with Gasteiger partial charge in [-0.15, -0.1) is 0 Å². The number of carbonyl (C=O) groups excluding carboxylic acids is 1. The lowest BCUT2D eigenvalue weighted by Gasteiger charge is -2.26. The highest BCUT2D eigenvalue weighted by Crippen LogP contribution is 2.24. The first kappa shape index (κ1) is 16.0. The fourth-order valence-corrected chi connectivity index (χ4v) is 2.52. The summed E-state index contributed by atoms with van der Waals surface area (Å²) in [6, 6.07) is 3.93. The van der Waals surface area contributed by atoms with Crippen LogP contribution in [0.1, 0.15) is 35.3 Å². The van der Waals surface area contributed by atoms with Crippen molar-refractivity contribution in [3.8, 4) is 5.75 Å². The van der Waals surface area contributed by atoms with Gasteiger partial charge in [0.05, 0.1) is 25.9 Å². The number of morpholine rings is 1. The van der Waals surface area contributed by atoms with Gasteiger partial charge in [0.25, 0.3) is 0 Å². The second kappa shape index (κ2) is 7.05. The Labute approximate surface area is 127 Å². The minimum Gasteiger partial charge on any atom is -0.491 e. The normalized spacial score (nSPS) is 16.2. The Morgan fingerprint density at radius 1 is 1.24 bits per heavy atom. The van der Waals surface area contributed by atoms with Crippen LogP contribution in [0.2, 0.25) is 0 Å². The molecule has 1 aliphatic rings. The summed E-state index contributed by atoms with van der Waals surface area (Å²) in [5.74, 6) is 1.04. The van der Waals surface area contributed by atoms with Crippen LogP contribution in [0, 0.1) is 13.8 Å². The van der Waals surface area contributed by atoms with E-state index in [9.17, 15) is 4.79 Å². The van der Waals surface area contributed by atoms with Gasteiger partial charge in [0.2, 0.25) is 0 Å². The number of benzene rings is 1. The summed E-state index contributed by atoms with van der Waals surface area (Å²) in [6.45, 7) is 11.5. The molecule has 116 valence electrons. The molecule has 1 fully saturated rings. The van der Waals surface area contributed by atoms with Gasteiger partial charge < -0.3 is 9.47 Å². The molecule has 0 saturated carbocycles. The van der Waals surface area contributed by atoms with Crippen LogP contribution < -0.4 is 4.74 Å². The number of Topliss-reactive ketones (excluding diaryl/α,β-unsaturated/α-hetero) is 1. The van der Waals surface area contributed by atoms with Crippen LogP contribution in [0.3, 0.4) is 0 Å². The molecule has 4 heteroatoms. The van der Waals surface area contributed by atoms with E-state index in [1.165, 1.54) is 0 Å². The zero-order valence-corrected chi connectivity index (χ0v) is 13.4. The Bertz CT molecular complexity index is 505. The van der Waals surface area contributed by atoms with Gasteiger partial charge in [0.15, 0.2) is 5.78 Å². The molecule has 0 aromatic heterocycles. The van der Waals surface area contributed by atoms with Gasteiger partial charge in [-0.3, -0.25) is 9.69 Å². The second-order valence-corrected chi connectivity index (χ2v) is 5.91. The summed E-state index contributed by atoms with van der Waals surface area (Å²) in [4.78, 5) is 14.6. The van der Waals surface area contributed by atoms with Crippen molar-refractivity contribution in [3.05, 3.63) is 28.8 Å². The van der Waals surface area contributed by atoms with E-state index in [4.69, 9.17) is 9.47 Å². The number of aryl methyl sites for hydroxylation is 2. The van der Waals surface area contributed by atoms with Gasteiger partial charge in [-0.2, -0.15) is 0 Å². The minimum absolute atomic E-state index is 0.137. The molecule has 0 radical (unpaired) electrons. The zero-order valence-electron chi connectivity index (χ0n) is 13.4. The lowest BCUT2D eigenvalue weighted by molar-refractivity contribution is 0.0371. The highest BCUT2D eigenvalue weighted by Gasteiger charge is 2.18. The highest BCUT2D eigenvalue weighted by molar-refractivity contribution is 5.99. The van der Waals surface area contributed by atoms with E-state index >= 15 is 0 Å². The molecule has 1 aliphatic heterocycles. The maximum atomic E-state index is 12.5.